The largest absolute Gasteiger partial charge is 0.476 e. The number of carbonyl (C=O) groups is 1. The van der Waals surface area contributed by atoms with Crippen LogP contribution >= 0.6 is 0 Å². The van der Waals surface area contributed by atoms with E-state index in [0.717, 1.165) is 0 Å². The summed E-state index contributed by atoms with van der Waals surface area (Å²) in [6.07, 6.45) is 3.73. The van der Waals surface area contributed by atoms with Gasteiger partial charge in [0.25, 0.3) is 0 Å². The van der Waals surface area contributed by atoms with Gasteiger partial charge in [-0.25, -0.2) is 10.6 Å². The van der Waals surface area contributed by atoms with Crippen molar-refractivity contribution in [3.63, 3.8) is 0 Å². The van der Waals surface area contributed by atoms with Crippen LogP contribution in [0, 0.1) is 0 Å². The van der Waals surface area contributed by atoms with Crippen LogP contribution in [0.15, 0.2) is 35.8 Å². The normalized spacial score (nSPS) is 16.3. The van der Waals surface area contributed by atoms with Crippen molar-refractivity contribution in [2.75, 3.05) is 0 Å². The fourth-order valence-electron chi connectivity index (χ4n) is 1.93. The van der Waals surface area contributed by atoms with E-state index in [9.17, 15) is 4.79 Å². The molecule has 0 aromatic heterocycles. The van der Waals surface area contributed by atoms with Gasteiger partial charge in [0.15, 0.2) is 5.70 Å². The van der Waals surface area contributed by atoms with Gasteiger partial charge < -0.3 is 15.6 Å². The summed E-state index contributed by atoms with van der Waals surface area (Å²) in [4.78, 5) is 10.7. The fourth-order valence-corrected chi connectivity index (χ4v) is 1.93. The van der Waals surface area contributed by atoms with Crippen LogP contribution in [-0.4, -0.2) is 11.1 Å². The molecule has 6 N–H and O–H groups in total. The Labute approximate surface area is 111 Å². The Hall–Kier alpha value is -2.21. The number of aliphatic carboxylic acids is 1. The molecule has 0 bridgehead atoms. The first-order valence-electron chi connectivity index (χ1n) is 6.09. The van der Waals surface area contributed by atoms with E-state index in [1.54, 1.807) is 12.1 Å². The van der Waals surface area contributed by atoms with Crippen molar-refractivity contribution < 1.29 is 14.6 Å². The second-order valence-electron chi connectivity index (χ2n) is 4.49. The Bertz CT molecular complexity index is 492. The molecule has 0 saturated heterocycles. The van der Waals surface area contributed by atoms with Gasteiger partial charge in [0.1, 0.15) is 5.75 Å². The van der Waals surface area contributed by atoms with Gasteiger partial charge in [-0.15, -0.1) is 0 Å². The lowest BCUT2D eigenvalue weighted by Crippen LogP contribution is -2.31. The molecule has 6 nitrogen and oxygen atoms in total. The third-order valence-electron chi connectivity index (χ3n) is 3.28. The van der Waals surface area contributed by atoms with Gasteiger partial charge in [0.05, 0.1) is 0 Å². The van der Waals surface area contributed by atoms with Crippen molar-refractivity contribution in [3.05, 3.63) is 41.4 Å². The first-order valence-corrected chi connectivity index (χ1v) is 6.09. The molecule has 1 aromatic rings. The van der Waals surface area contributed by atoms with Crippen LogP contribution in [0.4, 0.5) is 0 Å². The number of hydrogen-bond acceptors (Lipinski definition) is 5. The minimum absolute atomic E-state index is 0.177. The minimum Gasteiger partial charge on any atom is -0.476 e. The monoisotopic (exact) mass is 263 g/mol. The van der Waals surface area contributed by atoms with E-state index in [1.807, 2.05) is 12.1 Å². The van der Waals surface area contributed by atoms with Crippen molar-refractivity contribution in [2.24, 2.45) is 11.6 Å². The molecule has 1 aliphatic carbocycles. The highest BCUT2D eigenvalue weighted by Crippen LogP contribution is 2.36. The molecule has 19 heavy (non-hydrogen) atoms. The average molecular weight is 263 g/mol. The quantitative estimate of drug-likeness (QED) is 0.273. The van der Waals surface area contributed by atoms with Crippen molar-refractivity contribution in [1.29, 1.82) is 0 Å². The Balaban J connectivity index is 2.09. The van der Waals surface area contributed by atoms with Crippen molar-refractivity contribution in [2.45, 2.75) is 25.2 Å². The summed E-state index contributed by atoms with van der Waals surface area (Å²) in [5.41, 5.74) is 8.29. The van der Waals surface area contributed by atoms with Gasteiger partial charge in [-0.2, -0.15) is 0 Å². The standard InChI is InChI=1S/C13H17N3O3/c14-11(13(17)18)12(16-15)19-10-6-4-9(5-7-10)8-2-1-3-8/h4-8,16H,1-3,14-15H2,(H,17,18)/b12-11+. The van der Waals surface area contributed by atoms with Crippen molar-refractivity contribution in [3.8, 4) is 5.75 Å². The summed E-state index contributed by atoms with van der Waals surface area (Å²) in [7, 11) is 0. The minimum atomic E-state index is -1.29. The number of benzene rings is 1. The van der Waals surface area contributed by atoms with Crippen LogP contribution in [0.1, 0.15) is 30.7 Å². The molecule has 6 heteroatoms. The van der Waals surface area contributed by atoms with Gasteiger partial charge in [0, 0.05) is 0 Å². The van der Waals surface area contributed by atoms with Gasteiger partial charge in [-0.05, 0) is 36.5 Å². The number of ether oxygens (including phenoxy) is 1. The Kier molecular flexibility index (Phi) is 3.91. The second kappa shape index (κ2) is 5.62. The molecular formula is C13H17N3O3. The highest BCUT2D eigenvalue weighted by molar-refractivity contribution is 5.85. The van der Waals surface area contributed by atoms with Gasteiger partial charge in [-0.3, -0.25) is 5.43 Å². The molecule has 0 amide bonds. The molecule has 1 aliphatic rings. The van der Waals surface area contributed by atoms with Crippen LogP contribution in [0.3, 0.4) is 0 Å². The number of hydrazine groups is 1. The van der Waals surface area contributed by atoms with Crippen molar-refractivity contribution in [1.82, 2.24) is 5.43 Å². The highest BCUT2D eigenvalue weighted by atomic mass is 16.5. The highest BCUT2D eigenvalue weighted by Gasteiger charge is 2.19. The SMILES string of the molecule is NN/C(Oc1ccc(C2CCC2)cc1)=C(\N)C(=O)O. The zero-order valence-electron chi connectivity index (χ0n) is 10.4. The number of carboxylic acid groups (broad SMARTS) is 1. The summed E-state index contributed by atoms with van der Waals surface area (Å²) in [5, 5.41) is 8.76. The van der Waals surface area contributed by atoms with E-state index < -0.39 is 11.7 Å². The third-order valence-corrected chi connectivity index (χ3v) is 3.28. The molecular weight excluding hydrogens is 246 g/mol. The zero-order chi connectivity index (χ0) is 13.8. The van der Waals surface area contributed by atoms with E-state index >= 15 is 0 Å². The van der Waals surface area contributed by atoms with E-state index in [2.05, 4.69) is 5.43 Å². The summed E-state index contributed by atoms with van der Waals surface area (Å²) in [6, 6.07) is 7.51. The molecule has 102 valence electrons. The van der Waals surface area contributed by atoms with Crippen LogP contribution in [0.5, 0.6) is 5.75 Å². The molecule has 1 aromatic carbocycles. The molecule has 1 fully saturated rings. The number of hydrogen-bond donors (Lipinski definition) is 4. The number of carboxylic acids is 1. The smallest absolute Gasteiger partial charge is 0.357 e. The maximum absolute atomic E-state index is 10.7. The van der Waals surface area contributed by atoms with Gasteiger partial charge in [0.2, 0.25) is 5.88 Å². The molecule has 0 atom stereocenters. The topological polar surface area (TPSA) is 111 Å². The average Bonchev–Trinajstić information content (AvgIpc) is 2.35. The Morgan fingerprint density at radius 2 is 1.95 bits per heavy atom. The predicted molar refractivity (Wildman–Crippen MR) is 69.8 cm³/mol. The zero-order valence-corrected chi connectivity index (χ0v) is 10.4. The van der Waals surface area contributed by atoms with Crippen LogP contribution in [0.2, 0.25) is 0 Å². The molecule has 2 rings (SSSR count). The summed E-state index contributed by atoms with van der Waals surface area (Å²) < 4.78 is 5.31. The molecule has 0 unspecified atom stereocenters. The van der Waals surface area contributed by atoms with E-state index in [4.69, 9.17) is 21.4 Å². The van der Waals surface area contributed by atoms with Crippen LogP contribution < -0.4 is 21.7 Å². The third kappa shape index (κ3) is 2.97. The summed E-state index contributed by atoms with van der Waals surface area (Å²) >= 11 is 0. The maximum atomic E-state index is 10.7. The Morgan fingerprint density at radius 3 is 2.37 bits per heavy atom. The molecule has 0 radical (unpaired) electrons. The van der Waals surface area contributed by atoms with Crippen molar-refractivity contribution >= 4 is 5.97 Å². The predicted octanol–water partition coefficient (Wildman–Crippen LogP) is 1.01. The van der Waals surface area contributed by atoms with E-state index in [0.29, 0.717) is 11.7 Å². The first-order chi connectivity index (χ1) is 9.11. The maximum Gasteiger partial charge on any atom is 0.357 e. The molecule has 1 saturated carbocycles. The summed E-state index contributed by atoms with van der Waals surface area (Å²) in [6.45, 7) is 0. The lowest BCUT2D eigenvalue weighted by atomic mass is 9.80. The molecule has 0 aliphatic heterocycles. The van der Waals surface area contributed by atoms with E-state index in [1.165, 1.54) is 24.8 Å². The first kappa shape index (κ1) is 13.2. The number of nitrogens with two attached hydrogens (primary N) is 2. The number of rotatable bonds is 5. The summed E-state index contributed by atoms with van der Waals surface area (Å²) in [5.74, 6) is 4.85. The lowest BCUT2D eigenvalue weighted by Gasteiger charge is -2.25. The fraction of sp³-hybridized carbons (Fsp3) is 0.308. The molecule has 0 spiro atoms. The van der Waals surface area contributed by atoms with E-state index in [-0.39, 0.29) is 5.88 Å². The van der Waals surface area contributed by atoms with Crippen LogP contribution in [-0.2, 0) is 4.79 Å². The van der Waals surface area contributed by atoms with Gasteiger partial charge >= 0.3 is 5.97 Å². The lowest BCUT2D eigenvalue weighted by molar-refractivity contribution is -0.132. The second-order valence-corrected chi connectivity index (χ2v) is 4.49. The number of nitrogens with one attached hydrogen (secondary N) is 1. The molecule has 0 heterocycles. The van der Waals surface area contributed by atoms with Gasteiger partial charge in [-0.1, -0.05) is 18.6 Å². The Morgan fingerprint density at radius 1 is 1.32 bits per heavy atom. The van der Waals surface area contributed by atoms with Crippen LogP contribution in [0.25, 0.3) is 0 Å².